The molecule has 1 heterocycles. The van der Waals surface area contributed by atoms with Crippen molar-refractivity contribution in [3.8, 4) is 5.69 Å². The van der Waals surface area contributed by atoms with Crippen LogP contribution in [-0.2, 0) is 0 Å². The van der Waals surface area contributed by atoms with Crippen LogP contribution < -0.4 is 5.73 Å². The van der Waals surface area contributed by atoms with Gasteiger partial charge in [0.15, 0.2) is 0 Å². The minimum absolute atomic E-state index is 0.285. The van der Waals surface area contributed by atoms with Crippen molar-refractivity contribution >= 4 is 17.5 Å². The summed E-state index contributed by atoms with van der Waals surface area (Å²) in [6.07, 6.45) is 1.76. The molecule has 0 unspecified atom stereocenters. The molecule has 2 aromatic rings. The minimum Gasteiger partial charge on any atom is -0.365 e. The number of nitrogens with zero attached hydrogens (tertiary/aromatic N) is 2. The van der Waals surface area contributed by atoms with E-state index in [1.54, 1.807) is 29.1 Å². The summed E-state index contributed by atoms with van der Waals surface area (Å²) in [6, 6.07) is 6.96. The average molecular weight is 236 g/mol. The number of carbonyl (C=O) groups excluding carboxylic acids is 1. The molecule has 1 aromatic carbocycles. The van der Waals surface area contributed by atoms with Gasteiger partial charge in [-0.3, -0.25) is 4.79 Å². The number of carbonyl (C=O) groups is 1. The van der Waals surface area contributed by atoms with Gasteiger partial charge in [-0.25, -0.2) is 4.68 Å². The van der Waals surface area contributed by atoms with Crippen LogP contribution in [0.5, 0.6) is 0 Å². The molecule has 2 N–H and O–H groups in total. The lowest BCUT2D eigenvalue weighted by molar-refractivity contribution is 0.100. The van der Waals surface area contributed by atoms with Gasteiger partial charge in [-0.1, -0.05) is 17.7 Å². The zero-order chi connectivity index (χ0) is 11.7. The summed E-state index contributed by atoms with van der Waals surface area (Å²) in [5.74, 6) is -0.561. The van der Waals surface area contributed by atoms with Gasteiger partial charge in [0.2, 0.25) is 0 Å². The number of hydrogen-bond donors (Lipinski definition) is 1. The van der Waals surface area contributed by atoms with Crippen LogP contribution in [0.3, 0.4) is 0 Å². The third kappa shape index (κ3) is 1.79. The molecule has 0 aliphatic heterocycles. The fourth-order valence-electron chi connectivity index (χ4n) is 1.50. The molecule has 16 heavy (non-hydrogen) atoms. The van der Waals surface area contributed by atoms with Crippen LogP contribution in [0.2, 0.25) is 5.02 Å². The lowest BCUT2D eigenvalue weighted by Crippen LogP contribution is -2.15. The molecule has 0 atom stereocenters. The molecule has 0 bridgehead atoms. The van der Waals surface area contributed by atoms with Crippen molar-refractivity contribution in [1.29, 1.82) is 0 Å². The second kappa shape index (κ2) is 3.98. The second-order valence-electron chi connectivity index (χ2n) is 3.40. The molecule has 4 nitrogen and oxygen atoms in total. The van der Waals surface area contributed by atoms with E-state index in [9.17, 15) is 4.79 Å². The topological polar surface area (TPSA) is 60.9 Å². The predicted molar refractivity (Wildman–Crippen MR) is 61.8 cm³/mol. The molecule has 0 radical (unpaired) electrons. The first-order chi connectivity index (χ1) is 7.59. The zero-order valence-corrected chi connectivity index (χ0v) is 9.40. The van der Waals surface area contributed by atoms with Crippen molar-refractivity contribution in [3.05, 3.63) is 46.7 Å². The van der Waals surface area contributed by atoms with Crippen LogP contribution in [0.15, 0.2) is 30.5 Å². The third-order valence-corrected chi connectivity index (χ3v) is 2.52. The van der Waals surface area contributed by atoms with Gasteiger partial charge in [-0.05, 0) is 25.1 Å². The van der Waals surface area contributed by atoms with Gasteiger partial charge < -0.3 is 5.73 Å². The van der Waals surface area contributed by atoms with Crippen LogP contribution in [-0.4, -0.2) is 15.7 Å². The Morgan fingerprint density at radius 1 is 1.44 bits per heavy atom. The standard InChI is InChI=1S/C11H10ClN3O/c1-7-5-6-15(14-7)9-4-2-3-8(12)10(9)11(13)16/h2-6H,1H3,(H2,13,16). The minimum atomic E-state index is -0.561. The molecule has 0 fully saturated rings. The van der Waals surface area contributed by atoms with Crippen molar-refractivity contribution in [2.75, 3.05) is 0 Å². The third-order valence-electron chi connectivity index (χ3n) is 2.21. The normalized spacial score (nSPS) is 10.4. The molecular weight excluding hydrogens is 226 g/mol. The summed E-state index contributed by atoms with van der Waals surface area (Å²) < 4.78 is 1.58. The van der Waals surface area contributed by atoms with Gasteiger partial charge in [0.05, 0.1) is 22.0 Å². The summed E-state index contributed by atoms with van der Waals surface area (Å²) in [5.41, 5.74) is 7.03. The number of benzene rings is 1. The van der Waals surface area contributed by atoms with Gasteiger partial charge in [-0.2, -0.15) is 5.10 Å². The van der Waals surface area contributed by atoms with E-state index in [2.05, 4.69) is 5.10 Å². The molecule has 0 spiro atoms. The van der Waals surface area contributed by atoms with E-state index in [0.717, 1.165) is 5.69 Å². The molecule has 0 aliphatic carbocycles. The van der Waals surface area contributed by atoms with E-state index in [4.69, 9.17) is 17.3 Å². The lowest BCUT2D eigenvalue weighted by Gasteiger charge is -2.08. The van der Waals surface area contributed by atoms with E-state index in [1.807, 2.05) is 13.0 Å². The molecule has 82 valence electrons. The molecule has 0 saturated heterocycles. The summed E-state index contributed by atoms with van der Waals surface area (Å²) in [4.78, 5) is 11.3. The SMILES string of the molecule is Cc1ccn(-c2cccc(Cl)c2C(N)=O)n1. The molecule has 5 heteroatoms. The quantitative estimate of drug-likeness (QED) is 0.865. The number of rotatable bonds is 2. The zero-order valence-electron chi connectivity index (χ0n) is 8.64. The van der Waals surface area contributed by atoms with E-state index in [-0.39, 0.29) is 5.56 Å². The van der Waals surface area contributed by atoms with Crippen molar-refractivity contribution in [3.63, 3.8) is 0 Å². The first kappa shape index (κ1) is 10.7. The maximum atomic E-state index is 11.3. The Labute approximate surface area is 97.6 Å². The number of amides is 1. The largest absolute Gasteiger partial charge is 0.365 e. The Hall–Kier alpha value is -1.81. The molecular formula is C11H10ClN3O. The first-order valence-corrected chi connectivity index (χ1v) is 5.08. The Morgan fingerprint density at radius 3 is 2.75 bits per heavy atom. The number of halogens is 1. The lowest BCUT2D eigenvalue weighted by atomic mass is 10.1. The van der Waals surface area contributed by atoms with E-state index in [1.165, 1.54) is 0 Å². The van der Waals surface area contributed by atoms with Gasteiger partial charge in [0.1, 0.15) is 0 Å². The summed E-state index contributed by atoms with van der Waals surface area (Å²) in [7, 11) is 0. The first-order valence-electron chi connectivity index (χ1n) is 4.70. The highest BCUT2D eigenvalue weighted by Gasteiger charge is 2.14. The van der Waals surface area contributed by atoms with Crippen LogP contribution >= 0.6 is 11.6 Å². The van der Waals surface area contributed by atoms with E-state index < -0.39 is 5.91 Å². The molecule has 0 aliphatic rings. The van der Waals surface area contributed by atoms with Crippen molar-refractivity contribution in [2.24, 2.45) is 5.73 Å². The van der Waals surface area contributed by atoms with Crippen LogP contribution in [0.1, 0.15) is 16.1 Å². The summed E-state index contributed by atoms with van der Waals surface area (Å²) in [6.45, 7) is 1.87. The summed E-state index contributed by atoms with van der Waals surface area (Å²) >= 11 is 5.94. The Bertz CT molecular complexity index is 548. The fourth-order valence-corrected chi connectivity index (χ4v) is 1.76. The number of hydrogen-bond acceptors (Lipinski definition) is 2. The van der Waals surface area contributed by atoms with Gasteiger partial charge in [-0.15, -0.1) is 0 Å². The highest BCUT2D eigenvalue weighted by Crippen LogP contribution is 2.22. The van der Waals surface area contributed by atoms with E-state index in [0.29, 0.717) is 10.7 Å². The molecule has 2 rings (SSSR count). The van der Waals surface area contributed by atoms with E-state index >= 15 is 0 Å². The van der Waals surface area contributed by atoms with Crippen molar-refractivity contribution in [2.45, 2.75) is 6.92 Å². The van der Waals surface area contributed by atoms with Gasteiger partial charge >= 0.3 is 0 Å². The molecule has 0 saturated carbocycles. The van der Waals surface area contributed by atoms with Crippen LogP contribution in [0.4, 0.5) is 0 Å². The maximum Gasteiger partial charge on any atom is 0.252 e. The number of aryl methyl sites for hydroxylation is 1. The maximum absolute atomic E-state index is 11.3. The Balaban J connectivity index is 2.65. The average Bonchev–Trinajstić information content (AvgIpc) is 2.63. The van der Waals surface area contributed by atoms with Gasteiger partial charge in [0.25, 0.3) is 5.91 Å². The van der Waals surface area contributed by atoms with Crippen molar-refractivity contribution < 1.29 is 4.79 Å². The highest BCUT2D eigenvalue weighted by molar-refractivity contribution is 6.34. The Morgan fingerprint density at radius 2 is 2.19 bits per heavy atom. The smallest absolute Gasteiger partial charge is 0.252 e. The highest BCUT2D eigenvalue weighted by atomic mass is 35.5. The van der Waals surface area contributed by atoms with Crippen LogP contribution in [0, 0.1) is 6.92 Å². The van der Waals surface area contributed by atoms with Gasteiger partial charge in [0, 0.05) is 6.20 Å². The molecule has 1 amide bonds. The second-order valence-corrected chi connectivity index (χ2v) is 3.81. The predicted octanol–water partition coefficient (Wildman–Crippen LogP) is 1.93. The van der Waals surface area contributed by atoms with Crippen molar-refractivity contribution in [1.82, 2.24) is 9.78 Å². The monoisotopic (exact) mass is 235 g/mol. The van der Waals surface area contributed by atoms with Crippen LogP contribution in [0.25, 0.3) is 5.69 Å². The number of nitrogens with two attached hydrogens (primary N) is 1. The number of primary amides is 1. The fraction of sp³-hybridized carbons (Fsp3) is 0.0909. The molecule has 1 aromatic heterocycles. The number of aromatic nitrogens is 2. The summed E-state index contributed by atoms with van der Waals surface area (Å²) in [5, 5.41) is 4.55. The Kier molecular flexibility index (Phi) is 2.66.